The SMILES string of the molecule is CC(=O)c1[nH]c(C)c(C(=O)N[C@@]2(C)CCS(=O)(=O)C2)c1C. The molecule has 0 bridgehead atoms. The number of ketones is 1. The van der Waals surface area contributed by atoms with Crippen LogP contribution in [-0.2, 0) is 9.84 Å². The lowest BCUT2D eigenvalue weighted by Gasteiger charge is -2.24. The summed E-state index contributed by atoms with van der Waals surface area (Å²) in [5.74, 6) is -0.431. The van der Waals surface area contributed by atoms with Gasteiger partial charge in [-0.1, -0.05) is 0 Å². The minimum absolute atomic E-state index is 0.0478. The number of sulfone groups is 1. The Morgan fingerprint density at radius 3 is 2.33 bits per heavy atom. The summed E-state index contributed by atoms with van der Waals surface area (Å²) < 4.78 is 23.2. The van der Waals surface area contributed by atoms with Crippen LogP contribution >= 0.6 is 0 Å². The van der Waals surface area contributed by atoms with E-state index in [1.54, 1.807) is 20.8 Å². The van der Waals surface area contributed by atoms with Gasteiger partial charge in [-0.3, -0.25) is 9.59 Å². The third-order valence-corrected chi connectivity index (χ3v) is 5.84. The van der Waals surface area contributed by atoms with Crippen LogP contribution in [0.25, 0.3) is 0 Å². The van der Waals surface area contributed by atoms with Gasteiger partial charge in [-0.15, -0.1) is 0 Å². The van der Waals surface area contributed by atoms with Crippen LogP contribution in [0, 0.1) is 13.8 Å². The molecule has 21 heavy (non-hydrogen) atoms. The van der Waals surface area contributed by atoms with Crippen LogP contribution in [0.4, 0.5) is 0 Å². The van der Waals surface area contributed by atoms with Crippen molar-refractivity contribution in [2.24, 2.45) is 0 Å². The standard InChI is InChI=1S/C14H20N2O4S/c1-8-11(9(2)15-12(8)10(3)17)13(18)16-14(4)5-6-21(19,20)7-14/h15H,5-7H2,1-4H3,(H,16,18)/t14-/m0/s1. The lowest BCUT2D eigenvalue weighted by molar-refractivity contribution is 0.0914. The van der Waals surface area contributed by atoms with E-state index in [0.717, 1.165) is 0 Å². The van der Waals surface area contributed by atoms with Crippen molar-refractivity contribution < 1.29 is 18.0 Å². The molecule has 2 rings (SSSR count). The Hall–Kier alpha value is -1.63. The highest BCUT2D eigenvalue weighted by Gasteiger charge is 2.40. The van der Waals surface area contributed by atoms with E-state index in [9.17, 15) is 18.0 Å². The molecule has 0 saturated carbocycles. The Bertz CT molecular complexity index is 718. The molecule has 1 aromatic rings. The number of H-pyrrole nitrogens is 1. The summed E-state index contributed by atoms with van der Waals surface area (Å²) in [5.41, 5.74) is 1.30. The normalized spacial score (nSPS) is 24.0. The summed E-state index contributed by atoms with van der Waals surface area (Å²) >= 11 is 0. The number of aromatic nitrogens is 1. The number of hydrogen-bond donors (Lipinski definition) is 2. The zero-order valence-corrected chi connectivity index (χ0v) is 13.5. The fourth-order valence-corrected chi connectivity index (χ4v) is 4.98. The zero-order valence-electron chi connectivity index (χ0n) is 12.7. The molecule has 0 aromatic carbocycles. The van der Waals surface area contributed by atoms with Crippen molar-refractivity contribution in [1.82, 2.24) is 10.3 Å². The van der Waals surface area contributed by atoms with E-state index < -0.39 is 15.4 Å². The van der Waals surface area contributed by atoms with Gasteiger partial charge in [0.15, 0.2) is 15.6 Å². The molecule has 0 unspecified atom stereocenters. The van der Waals surface area contributed by atoms with Crippen LogP contribution in [0.1, 0.15) is 52.4 Å². The molecule has 0 radical (unpaired) electrons. The average Bonchev–Trinajstić information content (AvgIpc) is 2.75. The highest BCUT2D eigenvalue weighted by Crippen LogP contribution is 2.25. The van der Waals surface area contributed by atoms with Crippen molar-refractivity contribution in [3.05, 3.63) is 22.5 Å². The third kappa shape index (κ3) is 3.02. The minimum atomic E-state index is -3.09. The first-order chi connectivity index (χ1) is 9.55. The summed E-state index contributed by atoms with van der Waals surface area (Å²) in [6, 6.07) is 0. The zero-order chi connectivity index (χ0) is 16.0. The van der Waals surface area contributed by atoms with Gasteiger partial charge in [0.2, 0.25) is 0 Å². The van der Waals surface area contributed by atoms with Gasteiger partial charge in [-0.2, -0.15) is 0 Å². The first kappa shape index (κ1) is 15.8. The summed E-state index contributed by atoms with van der Waals surface area (Å²) in [5, 5.41) is 2.81. The number of nitrogens with one attached hydrogen (secondary N) is 2. The lowest BCUT2D eigenvalue weighted by atomic mass is 10.0. The lowest BCUT2D eigenvalue weighted by Crippen LogP contribution is -2.47. The Kier molecular flexibility index (Phi) is 3.73. The van der Waals surface area contributed by atoms with Gasteiger partial charge < -0.3 is 10.3 Å². The molecule has 1 saturated heterocycles. The summed E-state index contributed by atoms with van der Waals surface area (Å²) in [6.45, 7) is 6.61. The van der Waals surface area contributed by atoms with Crippen molar-refractivity contribution in [3.8, 4) is 0 Å². The summed E-state index contributed by atoms with van der Waals surface area (Å²) in [7, 11) is -3.09. The first-order valence-corrected chi connectivity index (χ1v) is 8.60. The molecule has 1 fully saturated rings. The van der Waals surface area contributed by atoms with Gasteiger partial charge in [0, 0.05) is 12.6 Å². The van der Waals surface area contributed by atoms with E-state index in [0.29, 0.717) is 28.9 Å². The Morgan fingerprint density at radius 1 is 1.29 bits per heavy atom. The molecule has 1 aromatic heterocycles. The molecular formula is C14H20N2O4S. The average molecular weight is 312 g/mol. The van der Waals surface area contributed by atoms with E-state index in [2.05, 4.69) is 10.3 Å². The number of hydrogen-bond acceptors (Lipinski definition) is 4. The molecule has 6 nitrogen and oxygen atoms in total. The van der Waals surface area contributed by atoms with Crippen LogP contribution in [-0.4, -0.2) is 42.1 Å². The Labute approximate surface area is 124 Å². The quantitative estimate of drug-likeness (QED) is 0.818. The molecule has 1 aliphatic rings. The number of rotatable bonds is 3. The fourth-order valence-electron chi connectivity index (χ4n) is 2.89. The monoisotopic (exact) mass is 312 g/mol. The summed E-state index contributed by atoms with van der Waals surface area (Å²) in [6.07, 6.45) is 0.406. The van der Waals surface area contributed by atoms with Crippen molar-refractivity contribution in [1.29, 1.82) is 0 Å². The molecule has 1 aliphatic heterocycles. The maximum Gasteiger partial charge on any atom is 0.253 e. The number of carbonyl (C=O) groups is 2. The highest BCUT2D eigenvalue weighted by atomic mass is 32.2. The van der Waals surface area contributed by atoms with Crippen molar-refractivity contribution in [3.63, 3.8) is 0 Å². The number of amides is 1. The fraction of sp³-hybridized carbons (Fsp3) is 0.571. The van der Waals surface area contributed by atoms with Crippen LogP contribution in [0.3, 0.4) is 0 Å². The van der Waals surface area contributed by atoms with E-state index in [1.807, 2.05) is 0 Å². The molecule has 2 heterocycles. The number of carbonyl (C=O) groups excluding carboxylic acids is 2. The van der Waals surface area contributed by atoms with Crippen molar-refractivity contribution >= 4 is 21.5 Å². The third-order valence-electron chi connectivity index (χ3n) is 3.94. The largest absolute Gasteiger partial charge is 0.355 e. The molecule has 2 N–H and O–H groups in total. The van der Waals surface area contributed by atoms with Crippen LogP contribution in [0.15, 0.2) is 0 Å². The summed E-state index contributed by atoms with van der Waals surface area (Å²) in [4.78, 5) is 26.9. The van der Waals surface area contributed by atoms with Gasteiger partial charge in [-0.05, 0) is 32.8 Å². The molecular weight excluding hydrogens is 292 g/mol. The predicted octanol–water partition coefficient (Wildman–Crippen LogP) is 1.14. The first-order valence-electron chi connectivity index (χ1n) is 6.78. The van der Waals surface area contributed by atoms with Gasteiger partial charge in [-0.25, -0.2) is 8.42 Å². The minimum Gasteiger partial charge on any atom is -0.355 e. The molecule has 0 aliphatic carbocycles. The molecule has 116 valence electrons. The Balaban J connectivity index is 2.28. The number of Topliss-reactive ketones (excluding diaryl/α,β-unsaturated/α-hetero) is 1. The predicted molar refractivity (Wildman–Crippen MR) is 79.4 cm³/mol. The van der Waals surface area contributed by atoms with Crippen molar-refractivity contribution in [2.75, 3.05) is 11.5 Å². The molecule has 7 heteroatoms. The van der Waals surface area contributed by atoms with Crippen molar-refractivity contribution in [2.45, 2.75) is 39.7 Å². The van der Waals surface area contributed by atoms with E-state index in [-0.39, 0.29) is 23.2 Å². The second kappa shape index (κ2) is 4.98. The van der Waals surface area contributed by atoms with Gasteiger partial charge in [0.25, 0.3) is 5.91 Å². The maximum absolute atomic E-state index is 12.5. The molecule has 1 atom stereocenters. The smallest absolute Gasteiger partial charge is 0.253 e. The second-order valence-electron chi connectivity index (χ2n) is 6.04. The topological polar surface area (TPSA) is 96.1 Å². The molecule has 0 spiro atoms. The number of aromatic amines is 1. The van der Waals surface area contributed by atoms with Crippen LogP contribution in [0.2, 0.25) is 0 Å². The van der Waals surface area contributed by atoms with Gasteiger partial charge in [0.1, 0.15) is 0 Å². The maximum atomic E-state index is 12.5. The van der Waals surface area contributed by atoms with E-state index in [1.165, 1.54) is 6.92 Å². The van der Waals surface area contributed by atoms with E-state index >= 15 is 0 Å². The van der Waals surface area contributed by atoms with Crippen LogP contribution < -0.4 is 5.32 Å². The molecule has 1 amide bonds. The highest BCUT2D eigenvalue weighted by molar-refractivity contribution is 7.91. The van der Waals surface area contributed by atoms with Gasteiger partial charge in [0.05, 0.1) is 28.3 Å². The van der Waals surface area contributed by atoms with E-state index in [4.69, 9.17) is 0 Å². The Morgan fingerprint density at radius 2 is 1.90 bits per heavy atom. The van der Waals surface area contributed by atoms with Gasteiger partial charge >= 0.3 is 0 Å². The second-order valence-corrected chi connectivity index (χ2v) is 8.22. The number of aryl methyl sites for hydroxylation is 1. The van der Waals surface area contributed by atoms with Crippen LogP contribution in [0.5, 0.6) is 0 Å².